The summed E-state index contributed by atoms with van der Waals surface area (Å²) in [6, 6.07) is 14.2. The number of carbonyl (C=O) groups is 2. The summed E-state index contributed by atoms with van der Waals surface area (Å²) in [4.78, 5) is 23.2. The van der Waals surface area contributed by atoms with E-state index < -0.39 is 0 Å². The van der Waals surface area contributed by atoms with Gasteiger partial charge >= 0.3 is 11.9 Å². The second kappa shape index (κ2) is 9.39. The summed E-state index contributed by atoms with van der Waals surface area (Å²) < 4.78 is 14.6. The fourth-order valence-corrected chi connectivity index (χ4v) is 2.07. The highest BCUT2D eigenvalue weighted by Crippen LogP contribution is 2.12. The molecule has 2 aromatic carbocycles. The second-order valence-corrected chi connectivity index (χ2v) is 5.20. The first-order valence-corrected chi connectivity index (χ1v) is 7.76. The van der Waals surface area contributed by atoms with Gasteiger partial charge in [-0.25, -0.2) is 9.59 Å². The summed E-state index contributed by atoms with van der Waals surface area (Å²) in [7, 11) is 2.91. The van der Waals surface area contributed by atoms with Crippen molar-refractivity contribution in [1.82, 2.24) is 0 Å². The molecule has 0 fully saturated rings. The highest BCUT2D eigenvalue weighted by Gasteiger charge is 2.06. The third-order valence-electron chi connectivity index (χ3n) is 3.47. The van der Waals surface area contributed by atoms with Crippen LogP contribution in [0.4, 0.5) is 0 Å². The van der Waals surface area contributed by atoms with Gasteiger partial charge in [-0.3, -0.25) is 0 Å². The fourth-order valence-electron chi connectivity index (χ4n) is 2.07. The summed E-state index contributed by atoms with van der Waals surface area (Å²) in [5.41, 5.74) is 2.91. The highest BCUT2D eigenvalue weighted by atomic mass is 16.6. The first-order chi connectivity index (χ1) is 12.1. The molecule has 0 bridgehead atoms. The van der Waals surface area contributed by atoms with Gasteiger partial charge in [-0.2, -0.15) is 0 Å². The van der Waals surface area contributed by atoms with Crippen LogP contribution in [0.1, 0.15) is 31.8 Å². The van der Waals surface area contributed by atoms with Gasteiger partial charge in [0.15, 0.2) is 0 Å². The molecule has 2 rings (SSSR count). The monoisotopic (exact) mass is 340 g/mol. The molecule has 0 aromatic heterocycles. The van der Waals surface area contributed by atoms with E-state index in [1.807, 2.05) is 36.4 Å². The maximum atomic E-state index is 11.8. The molecule has 0 amide bonds. The van der Waals surface area contributed by atoms with Crippen LogP contribution >= 0.6 is 0 Å². The number of ether oxygens (including phenoxy) is 3. The molecular weight excluding hydrogens is 320 g/mol. The summed E-state index contributed by atoms with van der Waals surface area (Å²) in [5, 5.41) is 0. The Bertz CT molecular complexity index is 730. The molecule has 0 atom stereocenters. The maximum Gasteiger partial charge on any atom is 0.338 e. The Morgan fingerprint density at radius 2 is 1.24 bits per heavy atom. The van der Waals surface area contributed by atoms with Crippen molar-refractivity contribution in [2.45, 2.75) is 0 Å². The predicted molar refractivity (Wildman–Crippen MR) is 95.3 cm³/mol. The zero-order chi connectivity index (χ0) is 18.1. The molecule has 0 saturated heterocycles. The summed E-state index contributed by atoms with van der Waals surface area (Å²) in [5.74, 6) is -0.727. The van der Waals surface area contributed by atoms with Crippen molar-refractivity contribution in [2.75, 3.05) is 27.4 Å². The lowest BCUT2D eigenvalue weighted by molar-refractivity contribution is 0.0388. The average Bonchev–Trinajstić information content (AvgIpc) is 2.66. The van der Waals surface area contributed by atoms with Crippen LogP contribution in [0.3, 0.4) is 0 Å². The quantitative estimate of drug-likeness (QED) is 0.439. The molecular formula is C20H20O5. The van der Waals surface area contributed by atoms with Gasteiger partial charge in [0.1, 0.15) is 6.61 Å². The first-order valence-electron chi connectivity index (χ1n) is 7.76. The fraction of sp³-hybridized carbons (Fsp3) is 0.200. The standard InChI is InChI=1S/C20H20O5/c1-23-13-14-25-20(22)18-11-7-16(8-12-18)4-3-15-5-9-17(10-6-15)19(21)24-2/h3-12H,13-14H2,1-2H3/b4-3+. The SMILES string of the molecule is COCCOC(=O)c1ccc(/C=C/c2ccc(C(=O)OC)cc2)cc1. The maximum absolute atomic E-state index is 11.8. The van der Waals surface area contributed by atoms with Gasteiger partial charge in [0.05, 0.1) is 24.8 Å². The van der Waals surface area contributed by atoms with Crippen molar-refractivity contribution in [1.29, 1.82) is 0 Å². The molecule has 130 valence electrons. The van der Waals surface area contributed by atoms with Gasteiger partial charge in [-0.15, -0.1) is 0 Å². The zero-order valence-electron chi connectivity index (χ0n) is 14.2. The molecule has 0 unspecified atom stereocenters. The molecule has 0 aliphatic rings. The minimum Gasteiger partial charge on any atom is -0.465 e. The first kappa shape index (κ1) is 18.4. The molecule has 0 aliphatic carbocycles. The zero-order valence-corrected chi connectivity index (χ0v) is 14.2. The van der Waals surface area contributed by atoms with Crippen molar-refractivity contribution in [2.24, 2.45) is 0 Å². The van der Waals surface area contributed by atoms with Crippen LogP contribution < -0.4 is 0 Å². The van der Waals surface area contributed by atoms with E-state index in [2.05, 4.69) is 4.74 Å². The largest absolute Gasteiger partial charge is 0.465 e. The number of benzene rings is 2. The van der Waals surface area contributed by atoms with Crippen LogP contribution in [0.2, 0.25) is 0 Å². The third kappa shape index (κ3) is 5.58. The van der Waals surface area contributed by atoms with Crippen LogP contribution in [0, 0.1) is 0 Å². The number of methoxy groups -OCH3 is 2. The summed E-state index contributed by atoms with van der Waals surface area (Å²) in [6.45, 7) is 0.611. The van der Waals surface area contributed by atoms with E-state index in [0.29, 0.717) is 17.7 Å². The van der Waals surface area contributed by atoms with Gasteiger partial charge in [-0.05, 0) is 35.4 Å². The summed E-state index contributed by atoms with van der Waals surface area (Å²) >= 11 is 0. The van der Waals surface area contributed by atoms with Gasteiger partial charge in [0, 0.05) is 7.11 Å². The van der Waals surface area contributed by atoms with Crippen LogP contribution in [-0.2, 0) is 14.2 Å². The molecule has 0 spiro atoms. The lowest BCUT2D eigenvalue weighted by Gasteiger charge is -2.04. The molecule has 0 saturated carbocycles. The molecule has 5 heteroatoms. The van der Waals surface area contributed by atoms with E-state index in [1.165, 1.54) is 7.11 Å². The molecule has 0 heterocycles. The van der Waals surface area contributed by atoms with Gasteiger partial charge in [-0.1, -0.05) is 36.4 Å². The van der Waals surface area contributed by atoms with Crippen molar-refractivity contribution >= 4 is 24.1 Å². The molecule has 25 heavy (non-hydrogen) atoms. The van der Waals surface area contributed by atoms with Gasteiger partial charge in [0.25, 0.3) is 0 Å². The molecule has 0 N–H and O–H groups in total. The Balaban J connectivity index is 1.97. The van der Waals surface area contributed by atoms with E-state index in [0.717, 1.165) is 11.1 Å². The van der Waals surface area contributed by atoms with Crippen LogP contribution in [0.5, 0.6) is 0 Å². The number of hydrogen-bond donors (Lipinski definition) is 0. The smallest absolute Gasteiger partial charge is 0.338 e. The number of esters is 2. The van der Waals surface area contributed by atoms with E-state index in [4.69, 9.17) is 9.47 Å². The Morgan fingerprint density at radius 3 is 1.68 bits per heavy atom. The minimum atomic E-state index is -0.369. The normalized spacial score (nSPS) is 10.6. The number of rotatable bonds is 7. The Labute approximate surface area is 146 Å². The van der Waals surface area contributed by atoms with Crippen molar-refractivity contribution in [3.05, 3.63) is 70.8 Å². The van der Waals surface area contributed by atoms with Crippen molar-refractivity contribution in [3.8, 4) is 0 Å². The third-order valence-corrected chi connectivity index (χ3v) is 3.47. The minimum absolute atomic E-state index is 0.235. The lowest BCUT2D eigenvalue weighted by Crippen LogP contribution is -2.09. The van der Waals surface area contributed by atoms with E-state index in [1.54, 1.807) is 31.4 Å². The van der Waals surface area contributed by atoms with Gasteiger partial charge in [0.2, 0.25) is 0 Å². The topological polar surface area (TPSA) is 61.8 Å². The van der Waals surface area contributed by atoms with Gasteiger partial charge < -0.3 is 14.2 Å². The Hall–Kier alpha value is -2.92. The van der Waals surface area contributed by atoms with Crippen LogP contribution in [0.25, 0.3) is 12.2 Å². The van der Waals surface area contributed by atoms with E-state index in [9.17, 15) is 9.59 Å². The molecule has 0 aliphatic heterocycles. The second-order valence-electron chi connectivity index (χ2n) is 5.20. The molecule has 0 radical (unpaired) electrons. The van der Waals surface area contributed by atoms with E-state index >= 15 is 0 Å². The summed E-state index contributed by atoms with van der Waals surface area (Å²) in [6.07, 6.45) is 3.85. The van der Waals surface area contributed by atoms with Crippen molar-refractivity contribution < 1.29 is 23.8 Å². The highest BCUT2D eigenvalue weighted by molar-refractivity contribution is 5.90. The lowest BCUT2D eigenvalue weighted by atomic mass is 10.1. The van der Waals surface area contributed by atoms with Crippen molar-refractivity contribution in [3.63, 3.8) is 0 Å². The predicted octanol–water partition coefficient (Wildman–Crippen LogP) is 3.45. The molecule has 2 aromatic rings. The Morgan fingerprint density at radius 1 is 0.760 bits per heavy atom. The average molecular weight is 340 g/mol. The number of carbonyl (C=O) groups excluding carboxylic acids is 2. The number of hydrogen-bond acceptors (Lipinski definition) is 5. The van der Waals surface area contributed by atoms with Crippen LogP contribution in [0.15, 0.2) is 48.5 Å². The Kier molecular flexibility index (Phi) is 6.92. The van der Waals surface area contributed by atoms with E-state index in [-0.39, 0.29) is 18.5 Å². The molecule has 5 nitrogen and oxygen atoms in total. The van der Waals surface area contributed by atoms with Crippen LogP contribution in [-0.4, -0.2) is 39.4 Å².